The number of allylic oxidation sites excluding steroid dienone is 2. The Labute approximate surface area is 108 Å². The van der Waals surface area contributed by atoms with Crippen molar-refractivity contribution in [3.8, 4) is 0 Å². The molecule has 0 unspecified atom stereocenters. The topological polar surface area (TPSA) is 29.5 Å². The molecular formula is C15H19NO2. The summed E-state index contributed by atoms with van der Waals surface area (Å²) in [6, 6.07) is 9.62. The first kappa shape index (κ1) is 14.0. The van der Waals surface area contributed by atoms with E-state index in [0.717, 1.165) is 11.3 Å². The summed E-state index contributed by atoms with van der Waals surface area (Å²) in [4.78, 5) is 13.5. The van der Waals surface area contributed by atoms with E-state index in [4.69, 9.17) is 4.74 Å². The molecule has 0 N–H and O–H groups in total. The summed E-state index contributed by atoms with van der Waals surface area (Å²) >= 11 is 0. The summed E-state index contributed by atoms with van der Waals surface area (Å²) in [6.07, 6.45) is 3.19. The molecule has 18 heavy (non-hydrogen) atoms. The van der Waals surface area contributed by atoms with Crippen molar-refractivity contribution in [2.45, 2.75) is 20.5 Å². The van der Waals surface area contributed by atoms with Crippen LogP contribution in [-0.4, -0.2) is 17.5 Å². The van der Waals surface area contributed by atoms with Gasteiger partial charge >= 0.3 is 6.09 Å². The Balaban J connectivity index is 2.60. The van der Waals surface area contributed by atoms with E-state index in [2.05, 4.69) is 6.58 Å². The predicted molar refractivity (Wildman–Crippen MR) is 73.0 cm³/mol. The summed E-state index contributed by atoms with van der Waals surface area (Å²) < 4.78 is 5.26. The van der Waals surface area contributed by atoms with Crippen molar-refractivity contribution in [1.82, 2.24) is 4.90 Å². The summed E-state index contributed by atoms with van der Waals surface area (Å²) in [7, 11) is 0. The number of carbonyl (C=O) groups excluding carboxylic acids is 1. The number of hydrogen-bond acceptors (Lipinski definition) is 2. The number of rotatable bonds is 5. The predicted octanol–water partition coefficient (Wildman–Crippen LogP) is 3.73. The van der Waals surface area contributed by atoms with Crippen molar-refractivity contribution >= 4 is 6.09 Å². The minimum absolute atomic E-state index is 0.282. The van der Waals surface area contributed by atoms with Crippen LogP contribution in [0.5, 0.6) is 0 Å². The van der Waals surface area contributed by atoms with Crippen LogP contribution in [0.25, 0.3) is 0 Å². The molecule has 0 aliphatic carbocycles. The molecule has 0 heterocycles. The molecule has 0 bridgehead atoms. The van der Waals surface area contributed by atoms with Gasteiger partial charge in [0.2, 0.25) is 0 Å². The smallest absolute Gasteiger partial charge is 0.414 e. The average Bonchev–Trinajstić information content (AvgIpc) is 2.42. The Kier molecular flexibility index (Phi) is 5.71. The van der Waals surface area contributed by atoms with Crippen molar-refractivity contribution in [3.05, 3.63) is 60.3 Å². The van der Waals surface area contributed by atoms with E-state index in [-0.39, 0.29) is 12.7 Å². The van der Waals surface area contributed by atoms with Gasteiger partial charge in [-0.25, -0.2) is 4.79 Å². The normalized spacial score (nSPS) is 10.9. The molecule has 0 aromatic heterocycles. The van der Waals surface area contributed by atoms with Crippen LogP contribution in [0, 0.1) is 0 Å². The molecule has 0 atom stereocenters. The van der Waals surface area contributed by atoms with Crippen molar-refractivity contribution in [3.63, 3.8) is 0 Å². The zero-order chi connectivity index (χ0) is 13.4. The molecule has 1 amide bonds. The highest BCUT2D eigenvalue weighted by Crippen LogP contribution is 2.08. The molecular weight excluding hydrogens is 226 g/mol. The fourth-order valence-electron chi connectivity index (χ4n) is 1.44. The van der Waals surface area contributed by atoms with Gasteiger partial charge in [-0.2, -0.15) is 0 Å². The zero-order valence-electron chi connectivity index (χ0n) is 10.9. The molecule has 0 spiro atoms. The lowest BCUT2D eigenvalue weighted by atomic mass is 10.2. The molecule has 96 valence electrons. The molecule has 0 radical (unpaired) electrons. The van der Waals surface area contributed by atoms with Crippen molar-refractivity contribution < 1.29 is 9.53 Å². The Morgan fingerprint density at radius 3 is 2.61 bits per heavy atom. The first-order chi connectivity index (χ1) is 8.69. The Morgan fingerprint density at radius 2 is 2.06 bits per heavy atom. The Bertz CT molecular complexity index is 423. The summed E-state index contributed by atoms with van der Waals surface area (Å²) in [5.74, 6) is 0. The van der Waals surface area contributed by atoms with Gasteiger partial charge in [0.25, 0.3) is 0 Å². The van der Waals surface area contributed by atoms with E-state index < -0.39 is 0 Å². The van der Waals surface area contributed by atoms with Crippen LogP contribution >= 0.6 is 0 Å². The fraction of sp³-hybridized carbons (Fsp3) is 0.267. The van der Waals surface area contributed by atoms with E-state index >= 15 is 0 Å². The largest absolute Gasteiger partial charge is 0.444 e. The Morgan fingerprint density at radius 1 is 1.39 bits per heavy atom. The summed E-state index contributed by atoms with van der Waals surface area (Å²) in [5.41, 5.74) is 1.83. The fourth-order valence-corrected chi connectivity index (χ4v) is 1.44. The van der Waals surface area contributed by atoms with E-state index in [9.17, 15) is 4.79 Å². The van der Waals surface area contributed by atoms with Crippen LogP contribution in [-0.2, 0) is 11.3 Å². The second-order valence-corrected chi connectivity index (χ2v) is 3.87. The van der Waals surface area contributed by atoms with Crippen LogP contribution in [0.4, 0.5) is 4.79 Å². The van der Waals surface area contributed by atoms with Crippen LogP contribution < -0.4 is 0 Å². The SMILES string of the molecule is C=CCN(C(=O)OCc1ccccc1)/C(C)=C/C. The molecule has 0 saturated heterocycles. The summed E-state index contributed by atoms with van der Waals surface area (Å²) in [5, 5.41) is 0. The lowest BCUT2D eigenvalue weighted by Crippen LogP contribution is -2.30. The van der Waals surface area contributed by atoms with Gasteiger partial charge < -0.3 is 4.74 Å². The van der Waals surface area contributed by atoms with Gasteiger partial charge in [-0.05, 0) is 19.4 Å². The number of nitrogens with zero attached hydrogens (tertiary/aromatic N) is 1. The van der Waals surface area contributed by atoms with Gasteiger partial charge in [-0.3, -0.25) is 4.90 Å². The van der Waals surface area contributed by atoms with E-state index in [0.29, 0.717) is 6.54 Å². The molecule has 0 aliphatic heterocycles. The monoisotopic (exact) mass is 245 g/mol. The van der Waals surface area contributed by atoms with Crippen LogP contribution in [0.15, 0.2) is 54.8 Å². The van der Waals surface area contributed by atoms with Crippen molar-refractivity contribution in [2.24, 2.45) is 0 Å². The quantitative estimate of drug-likeness (QED) is 0.740. The average molecular weight is 245 g/mol. The van der Waals surface area contributed by atoms with Gasteiger partial charge in [-0.15, -0.1) is 6.58 Å². The van der Waals surface area contributed by atoms with E-state index in [1.807, 2.05) is 50.3 Å². The molecule has 0 aliphatic rings. The second-order valence-electron chi connectivity index (χ2n) is 3.87. The molecule has 1 aromatic carbocycles. The first-order valence-corrected chi connectivity index (χ1v) is 5.91. The van der Waals surface area contributed by atoms with Gasteiger partial charge in [0.05, 0.1) is 0 Å². The number of ether oxygens (including phenoxy) is 1. The number of amides is 1. The third kappa shape index (κ3) is 4.09. The minimum atomic E-state index is -0.352. The van der Waals surface area contributed by atoms with Gasteiger partial charge in [0, 0.05) is 12.2 Å². The lowest BCUT2D eigenvalue weighted by Gasteiger charge is -2.21. The van der Waals surface area contributed by atoms with Gasteiger partial charge in [0.1, 0.15) is 6.61 Å². The molecule has 0 fully saturated rings. The van der Waals surface area contributed by atoms with Gasteiger partial charge in [0.15, 0.2) is 0 Å². The third-order valence-electron chi connectivity index (χ3n) is 2.58. The molecule has 1 rings (SSSR count). The third-order valence-corrected chi connectivity index (χ3v) is 2.58. The van der Waals surface area contributed by atoms with Crippen LogP contribution in [0.2, 0.25) is 0 Å². The highest BCUT2D eigenvalue weighted by atomic mass is 16.6. The first-order valence-electron chi connectivity index (χ1n) is 5.91. The minimum Gasteiger partial charge on any atom is -0.444 e. The van der Waals surface area contributed by atoms with E-state index in [1.54, 1.807) is 11.0 Å². The van der Waals surface area contributed by atoms with E-state index in [1.165, 1.54) is 0 Å². The van der Waals surface area contributed by atoms with Crippen LogP contribution in [0.1, 0.15) is 19.4 Å². The highest BCUT2D eigenvalue weighted by Gasteiger charge is 2.14. The lowest BCUT2D eigenvalue weighted by molar-refractivity contribution is 0.110. The standard InChI is InChI=1S/C15H19NO2/c1-4-11-16(13(3)5-2)15(17)18-12-14-9-7-6-8-10-14/h4-10H,1,11-12H2,2-3H3/b13-5+. The van der Waals surface area contributed by atoms with Crippen molar-refractivity contribution in [1.29, 1.82) is 0 Å². The number of carbonyl (C=O) groups is 1. The zero-order valence-corrected chi connectivity index (χ0v) is 10.9. The number of hydrogen-bond donors (Lipinski definition) is 0. The van der Waals surface area contributed by atoms with Crippen LogP contribution in [0.3, 0.4) is 0 Å². The molecule has 0 saturated carbocycles. The molecule has 1 aromatic rings. The molecule has 3 nitrogen and oxygen atoms in total. The van der Waals surface area contributed by atoms with Gasteiger partial charge in [-0.1, -0.05) is 42.5 Å². The number of benzene rings is 1. The van der Waals surface area contributed by atoms with Crippen molar-refractivity contribution in [2.75, 3.05) is 6.54 Å². The maximum absolute atomic E-state index is 11.9. The molecule has 3 heteroatoms. The summed E-state index contributed by atoms with van der Waals surface area (Å²) in [6.45, 7) is 8.12. The maximum Gasteiger partial charge on any atom is 0.414 e. The second kappa shape index (κ2) is 7.33. The Hall–Kier alpha value is -2.03. The maximum atomic E-state index is 11.9. The highest BCUT2D eigenvalue weighted by molar-refractivity contribution is 5.70.